The number of methoxy groups -OCH3 is 1. The van der Waals surface area contributed by atoms with Gasteiger partial charge in [0.25, 0.3) is 0 Å². The van der Waals surface area contributed by atoms with Gasteiger partial charge < -0.3 is 15.2 Å². The third-order valence-electron chi connectivity index (χ3n) is 3.84. The van der Waals surface area contributed by atoms with E-state index in [4.69, 9.17) is 4.74 Å². The monoisotopic (exact) mass is 277 g/mol. The highest BCUT2D eigenvalue weighted by atomic mass is 16.5. The zero-order chi connectivity index (χ0) is 14.9. The zero-order valence-corrected chi connectivity index (χ0v) is 11.9. The van der Waals surface area contributed by atoms with Crippen LogP contribution in [0.1, 0.15) is 29.0 Å². The summed E-state index contributed by atoms with van der Waals surface area (Å²) >= 11 is 0. The summed E-state index contributed by atoms with van der Waals surface area (Å²) in [5.74, 6) is -1.04. The number of ether oxygens (including phenoxy) is 1. The standard InChI is InChI=1S/C15H19NO4/c1-8-4-10(5-9(2)14(8)20-3)11-6-13(17)16-7-12(11)15(18)19/h4-5,11-12H,6-7H2,1-3H3,(H,16,17)(H,18,19). The van der Waals surface area contributed by atoms with Crippen LogP contribution in [-0.4, -0.2) is 30.6 Å². The van der Waals surface area contributed by atoms with Crippen LogP contribution in [-0.2, 0) is 9.59 Å². The first-order chi connectivity index (χ1) is 9.43. The van der Waals surface area contributed by atoms with Crippen molar-refractivity contribution in [1.82, 2.24) is 5.32 Å². The lowest BCUT2D eigenvalue weighted by atomic mass is 9.80. The number of aliphatic carboxylic acids is 1. The molecule has 0 radical (unpaired) electrons. The van der Waals surface area contributed by atoms with Crippen LogP contribution in [0, 0.1) is 19.8 Å². The number of aryl methyl sites for hydroxylation is 2. The van der Waals surface area contributed by atoms with Gasteiger partial charge >= 0.3 is 5.97 Å². The summed E-state index contributed by atoms with van der Waals surface area (Å²) < 4.78 is 5.32. The highest BCUT2D eigenvalue weighted by Crippen LogP contribution is 2.35. The largest absolute Gasteiger partial charge is 0.496 e. The second kappa shape index (κ2) is 5.53. The SMILES string of the molecule is COc1c(C)cc(C2CC(=O)NCC2C(=O)O)cc1C. The molecule has 5 nitrogen and oxygen atoms in total. The number of hydrogen-bond acceptors (Lipinski definition) is 3. The molecule has 5 heteroatoms. The van der Waals surface area contributed by atoms with E-state index in [-0.39, 0.29) is 24.8 Å². The fourth-order valence-corrected chi connectivity index (χ4v) is 2.91. The van der Waals surface area contributed by atoms with Crippen molar-refractivity contribution in [3.63, 3.8) is 0 Å². The molecule has 2 rings (SSSR count). The van der Waals surface area contributed by atoms with Gasteiger partial charge in [-0.1, -0.05) is 12.1 Å². The summed E-state index contributed by atoms with van der Waals surface area (Å²) in [4.78, 5) is 22.9. The zero-order valence-electron chi connectivity index (χ0n) is 11.9. The van der Waals surface area contributed by atoms with Crippen molar-refractivity contribution in [2.24, 2.45) is 5.92 Å². The Morgan fingerprint density at radius 1 is 1.35 bits per heavy atom. The molecule has 108 valence electrons. The molecule has 1 aliphatic heterocycles. The first-order valence-electron chi connectivity index (χ1n) is 6.58. The number of carboxylic acid groups (broad SMARTS) is 1. The Morgan fingerprint density at radius 2 is 1.95 bits per heavy atom. The maximum Gasteiger partial charge on any atom is 0.308 e. The maximum atomic E-state index is 11.6. The molecule has 0 aliphatic carbocycles. The van der Waals surface area contributed by atoms with E-state index in [0.29, 0.717) is 0 Å². The number of hydrogen-bond donors (Lipinski definition) is 2. The van der Waals surface area contributed by atoms with Crippen molar-refractivity contribution in [1.29, 1.82) is 0 Å². The molecule has 1 fully saturated rings. The van der Waals surface area contributed by atoms with E-state index in [0.717, 1.165) is 22.4 Å². The summed E-state index contributed by atoms with van der Waals surface area (Å²) in [7, 11) is 1.61. The highest BCUT2D eigenvalue weighted by Gasteiger charge is 2.35. The number of benzene rings is 1. The van der Waals surface area contributed by atoms with E-state index >= 15 is 0 Å². The summed E-state index contributed by atoms with van der Waals surface area (Å²) in [6.07, 6.45) is 0.210. The molecule has 2 atom stereocenters. The fourth-order valence-electron chi connectivity index (χ4n) is 2.91. The van der Waals surface area contributed by atoms with Gasteiger partial charge in [0.05, 0.1) is 13.0 Å². The Kier molecular flexibility index (Phi) is 3.97. The van der Waals surface area contributed by atoms with Crippen LogP contribution >= 0.6 is 0 Å². The minimum absolute atomic E-state index is 0.0985. The lowest BCUT2D eigenvalue weighted by molar-refractivity contribution is -0.144. The molecule has 1 heterocycles. The van der Waals surface area contributed by atoms with E-state index in [2.05, 4.69) is 5.32 Å². The predicted octanol–water partition coefficient (Wildman–Crippen LogP) is 1.62. The second-order valence-corrected chi connectivity index (χ2v) is 5.25. The second-order valence-electron chi connectivity index (χ2n) is 5.25. The summed E-state index contributed by atoms with van der Waals surface area (Å²) in [5.41, 5.74) is 2.80. The summed E-state index contributed by atoms with van der Waals surface area (Å²) in [5, 5.41) is 11.9. The van der Waals surface area contributed by atoms with Crippen LogP contribution < -0.4 is 10.1 Å². The average Bonchev–Trinajstić information content (AvgIpc) is 2.37. The molecule has 20 heavy (non-hydrogen) atoms. The fraction of sp³-hybridized carbons (Fsp3) is 0.467. The third kappa shape index (κ3) is 2.61. The van der Waals surface area contributed by atoms with E-state index < -0.39 is 11.9 Å². The number of amides is 1. The van der Waals surface area contributed by atoms with Gasteiger partial charge in [-0.2, -0.15) is 0 Å². The van der Waals surface area contributed by atoms with Gasteiger partial charge in [-0.15, -0.1) is 0 Å². The first-order valence-corrected chi connectivity index (χ1v) is 6.58. The Labute approximate surface area is 117 Å². The van der Waals surface area contributed by atoms with E-state index in [1.165, 1.54) is 0 Å². The van der Waals surface area contributed by atoms with E-state index in [1.807, 2.05) is 26.0 Å². The Morgan fingerprint density at radius 3 is 2.45 bits per heavy atom. The minimum Gasteiger partial charge on any atom is -0.496 e. The number of carbonyl (C=O) groups is 2. The lowest BCUT2D eigenvalue weighted by Gasteiger charge is -2.29. The van der Waals surface area contributed by atoms with Gasteiger partial charge in [0.15, 0.2) is 0 Å². The van der Waals surface area contributed by atoms with Crippen LogP contribution in [0.25, 0.3) is 0 Å². The van der Waals surface area contributed by atoms with E-state index in [9.17, 15) is 14.7 Å². The van der Waals surface area contributed by atoms with Crippen LogP contribution in [0.3, 0.4) is 0 Å². The molecule has 1 amide bonds. The minimum atomic E-state index is -0.874. The van der Waals surface area contributed by atoms with Crippen molar-refractivity contribution in [2.75, 3.05) is 13.7 Å². The Bertz CT molecular complexity index is 530. The molecule has 1 aromatic carbocycles. The molecule has 1 aromatic rings. The van der Waals surface area contributed by atoms with Gasteiger partial charge in [-0.3, -0.25) is 9.59 Å². The van der Waals surface area contributed by atoms with Gasteiger partial charge in [0.1, 0.15) is 5.75 Å². The van der Waals surface area contributed by atoms with Crippen molar-refractivity contribution < 1.29 is 19.4 Å². The topological polar surface area (TPSA) is 75.6 Å². The van der Waals surface area contributed by atoms with Gasteiger partial charge in [-0.25, -0.2) is 0 Å². The van der Waals surface area contributed by atoms with Gasteiger partial charge in [0, 0.05) is 18.9 Å². The van der Waals surface area contributed by atoms with Crippen molar-refractivity contribution in [2.45, 2.75) is 26.2 Å². The van der Waals surface area contributed by atoms with Gasteiger partial charge in [0.2, 0.25) is 5.91 Å². The number of carbonyl (C=O) groups excluding carboxylic acids is 1. The normalized spacial score (nSPS) is 22.2. The van der Waals surface area contributed by atoms with Crippen LogP contribution in [0.2, 0.25) is 0 Å². The molecule has 1 saturated heterocycles. The summed E-state index contributed by atoms with van der Waals surface area (Å²) in [6.45, 7) is 4.03. The smallest absolute Gasteiger partial charge is 0.308 e. The Balaban J connectivity index is 2.41. The van der Waals surface area contributed by atoms with Gasteiger partial charge in [-0.05, 0) is 30.5 Å². The van der Waals surface area contributed by atoms with Crippen molar-refractivity contribution in [3.05, 3.63) is 28.8 Å². The molecule has 0 saturated carbocycles. The van der Waals surface area contributed by atoms with Crippen molar-refractivity contribution in [3.8, 4) is 5.75 Å². The maximum absolute atomic E-state index is 11.6. The highest BCUT2D eigenvalue weighted by molar-refractivity contribution is 5.82. The number of piperidine rings is 1. The third-order valence-corrected chi connectivity index (χ3v) is 3.84. The molecule has 0 bridgehead atoms. The molecular weight excluding hydrogens is 258 g/mol. The first kappa shape index (κ1) is 14.4. The molecule has 0 spiro atoms. The Hall–Kier alpha value is -2.04. The van der Waals surface area contributed by atoms with Crippen LogP contribution in [0.15, 0.2) is 12.1 Å². The van der Waals surface area contributed by atoms with Crippen LogP contribution in [0.4, 0.5) is 0 Å². The molecule has 2 N–H and O–H groups in total. The number of carboxylic acids is 1. The average molecular weight is 277 g/mol. The van der Waals surface area contributed by atoms with Crippen LogP contribution in [0.5, 0.6) is 5.75 Å². The van der Waals surface area contributed by atoms with Crippen molar-refractivity contribution >= 4 is 11.9 Å². The lowest BCUT2D eigenvalue weighted by Crippen LogP contribution is -2.43. The molecule has 0 aromatic heterocycles. The number of nitrogens with one attached hydrogen (secondary N) is 1. The number of rotatable bonds is 3. The quantitative estimate of drug-likeness (QED) is 0.880. The predicted molar refractivity (Wildman–Crippen MR) is 74.0 cm³/mol. The molecule has 1 aliphatic rings. The molecular formula is C15H19NO4. The molecule has 2 unspecified atom stereocenters. The van der Waals surface area contributed by atoms with E-state index in [1.54, 1.807) is 7.11 Å². The summed E-state index contributed by atoms with van der Waals surface area (Å²) in [6, 6.07) is 3.84.